The van der Waals surface area contributed by atoms with E-state index in [4.69, 9.17) is 9.26 Å². The molecule has 1 aromatic carbocycles. The van der Waals surface area contributed by atoms with E-state index in [1.807, 2.05) is 18.2 Å². The van der Waals surface area contributed by atoms with Gasteiger partial charge >= 0.3 is 0 Å². The Bertz CT molecular complexity index is 882. The van der Waals surface area contributed by atoms with Crippen molar-refractivity contribution in [3.63, 3.8) is 0 Å². The molecule has 2 aromatic heterocycles. The van der Waals surface area contributed by atoms with Crippen LogP contribution in [-0.4, -0.2) is 65.6 Å². The predicted octanol–water partition coefficient (Wildman–Crippen LogP) is 1.67. The lowest BCUT2D eigenvalue weighted by molar-refractivity contribution is 0.0374. The third-order valence-corrected chi connectivity index (χ3v) is 4.51. The van der Waals surface area contributed by atoms with E-state index in [1.54, 1.807) is 12.3 Å². The minimum Gasteiger partial charge on any atom is -0.379 e. The minimum atomic E-state index is -0.216. The van der Waals surface area contributed by atoms with Gasteiger partial charge in [-0.2, -0.15) is 5.10 Å². The Morgan fingerprint density at radius 2 is 2.15 bits per heavy atom. The monoisotopic (exact) mass is 355 g/mol. The van der Waals surface area contributed by atoms with Crippen LogP contribution in [0.4, 0.5) is 0 Å². The molecule has 0 spiro atoms. The second kappa shape index (κ2) is 7.67. The van der Waals surface area contributed by atoms with Crippen LogP contribution in [0.5, 0.6) is 0 Å². The molecular weight excluding hydrogens is 334 g/mol. The van der Waals surface area contributed by atoms with E-state index in [2.05, 4.69) is 25.6 Å². The Morgan fingerprint density at radius 3 is 3.04 bits per heavy atom. The number of H-pyrrole nitrogens is 1. The Kier molecular flexibility index (Phi) is 4.94. The number of morpholine rings is 1. The summed E-state index contributed by atoms with van der Waals surface area (Å²) in [4.78, 5) is 14.6. The number of aromatic amines is 1. The first-order chi connectivity index (χ1) is 12.8. The van der Waals surface area contributed by atoms with Crippen molar-refractivity contribution >= 4 is 16.8 Å². The molecule has 1 amide bonds. The first kappa shape index (κ1) is 16.7. The minimum absolute atomic E-state index is 0.216. The third kappa shape index (κ3) is 3.76. The van der Waals surface area contributed by atoms with E-state index in [0.717, 1.165) is 55.7 Å². The summed E-state index contributed by atoms with van der Waals surface area (Å²) in [5, 5.41) is 14.7. The maximum Gasteiger partial charge on any atom is 0.273 e. The quantitative estimate of drug-likeness (QED) is 0.653. The van der Waals surface area contributed by atoms with Crippen molar-refractivity contribution in [1.82, 2.24) is 25.6 Å². The summed E-state index contributed by atoms with van der Waals surface area (Å²) in [6.45, 7) is 5.07. The average Bonchev–Trinajstić information content (AvgIpc) is 3.34. The highest BCUT2D eigenvalue weighted by Gasteiger charge is 2.14. The number of hydrogen-bond donors (Lipinski definition) is 2. The number of amides is 1. The van der Waals surface area contributed by atoms with Gasteiger partial charge in [0.15, 0.2) is 11.5 Å². The van der Waals surface area contributed by atoms with Crippen molar-refractivity contribution in [2.75, 3.05) is 39.4 Å². The lowest BCUT2D eigenvalue weighted by atomic mass is 10.1. The molecule has 0 bridgehead atoms. The van der Waals surface area contributed by atoms with Gasteiger partial charge in [-0.3, -0.25) is 14.8 Å². The van der Waals surface area contributed by atoms with Gasteiger partial charge in [0.1, 0.15) is 0 Å². The number of ether oxygens (including phenoxy) is 1. The fourth-order valence-corrected chi connectivity index (χ4v) is 3.03. The van der Waals surface area contributed by atoms with Crippen LogP contribution >= 0.6 is 0 Å². The van der Waals surface area contributed by atoms with Crippen molar-refractivity contribution < 1.29 is 14.1 Å². The van der Waals surface area contributed by atoms with Crippen LogP contribution in [0.25, 0.3) is 22.2 Å². The second-order valence-corrected chi connectivity index (χ2v) is 6.31. The molecule has 26 heavy (non-hydrogen) atoms. The van der Waals surface area contributed by atoms with Crippen molar-refractivity contribution in [2.45, 2.75) is 6.42 Å². The molecule has 0 radical (unpaired) electrons. The zero-order valence-electron chi connectivity index (χ0n) is 14.4. The van der Waals surface area contributed by atoms with Gasteiger partial charge in [-0.25, -0.2) is 0 Å². The first-order valence-electron chi connectivity index (χ1n) is 8.78. The smallest absolute Gasteiger partial charge is 0.273 e. The van der Waals surface area contributed by atoms with Crippen LogP contribution < -0.4 is 5.32 Å². The summed E-state index contributed by atoms with van der Waals surface area (Å²) in [5.41, 5.74) is 2.10. The number of nitrogens with zero attached hydrogens (tertiary/aromatic N) is 3. The lowest BCUT2D eigenvalue weighted by Gasteiger charge is -2.26. The van der Waals surface area contributed by atoms with Crippen molar-refractivity contribution in [1.29, 1.82) is 0 Å². The molecule has 8 nitrogen and oxygen atoms in total. The predicted molar refractivity (Wildman–Crippen MR) is 95.8 cm³/mol. The van der Waals surface area contributed by atoms with Gasteiger partial charge in [0, 0.05) is 36.7 Å². The van der Waals surface area contributed by atoms with E-state index in [9.17, 15) is 4.79 Å². The van der Waals surface area contributed by atoms with Crippen molar-refractivity contribution in [3.8, 4) is 11.3 Å². The molecule has 3 heterocycles. The van der Waals surface area contributed by atoms with Gasteiger partial charge < -0.3 is 14.6 Å². The standard InChI is InChI=1S/C18H21N5O3/c24-18(19-4-1-5-23-6-8-25-9-7-23)16-11-17(26-22-16)13-2-3-15-14(10-13)12-20-21-15/h2-3,10-12H,1,4-9H2,(H,19,24)(H,20,21). The third-order valence-electron chi connectivity index (χ3n) is 4.51. The summed E-state index contributed by atoms with van der Waals surface area (Å²) in [7, 11) is 0. The highest BCUT2D eigenvalue weighted by atomic mass is 16.5. The molecule has 1 saturated heterocycles. The average molecular weight is 355 g/mol. The fourth-order valence-electron chi connectivity index (χ4n) is 3.03. The summed E-state index contributed by atoms with van der Waals surface area (Å²) in [6.07, 6.45) is 2.64. The molecule has 8 heteroatoms. The maximum absolute atomic E-state index is 12.2. The number of hydrogen-bond acceptors (Lipinski definition) is 6. The van der Waals surface area contributed by atoms with E-state index in [1.165, 1.54) is 0 Å². The summed E-state index contributed by atoms with van der Waals surface area (Å²) < 4.78 is 10.7. The lowest BCUT2D eigenvalue weighted by Crippen LogP contribution is -2.38. The van der Waals surface area contributed by atoms with Crippen LogP contribution in [0.3, 0.4) is 0 Å². The van der Waals surface area contributed by atoms with Crippen LogP contribution in [0.2, 0.25) is 0 Å². The first-order valence-corrected chi connectivity index (χ1v) is 8.78. The SMILES string of the molecule is O=C(NCCCN1CCOCC1)c1cc(-c2ccc3[nH]ncc3c2)on1. The maximum atomic E-state index is 12.2. The van der Waals surface area contributed by atoms with Crippen LogP contribution in [0, 0.1) is 0 Å². The number of carbonyl (C=O) groups is 1. The molecule has 1 aliphatic rings. The number of rotatable bonds is 6. The topological polar surface area (TPSA) is 96.3 Å². The van der Waals surface area contributed by atoms with E-state index >= 15 is 0 Å². The number of nitrogens with one attached hydrogen (secondary N) is 2. The summed E-state index contributed by atoms with van der Waals surface area (Å²) in [6, 6.07) is 7.44. The Hall–Kier alpha value is -2.71. The van der Waals surface area contributed by atoms with Crippen molar-refractivity contribution in [2.24, 2.45) is 0 Å². The van der Waals surface area contributed by atoms with Crippen LogP contribution in [0.15, 0.2) is 35.0 Å². The molecule has 0 aliphatic carbocycles. The van der Waals surface area contributed by atoms with Crippen LogP contribution in [0.1, 0.15) is 16.9 Å². The molecule has 0 atom stereocenters. The summed E-state index contributed by atoms with van der Waals surface area (Å²) in [5.74, 6) is 0.345. The zero-order valence-corrected chi connectivity index (χ0v) is 14.4. The number of fused-ring (bicyclic) bond motifs is 1. The Labute approximate surface area is 150 Å². The zero-order chi connectivity index (χ0) is 17.8. The fraction of sp³-hybridized carbons (Fsp3) is 0.389. The van der Waals surface area contributed by atoms with Gasteiger partial charge in [-0.05, 0) is 31.2 Å². The number of aromatic nitrogens is 3. The highest BCUT2D eigenvalue weighted by Crippen LogP contribution is 2.24. The molecule has 136 valence electrons. The number of benzene rings is 1. The van der Waals surface area contributed by atoms with Gasteiger partial charge in [0.2, 0.25) is 0 Å². The molecule has 0 saturated carbocycles. The largest absolute Gasteiger partial charge is 0.379 e. The van der Waals surface area contributed by atoms with E-state index < -0.39 is 0 Å². The van der Waals surface area contributed by atoms with Gasteiger partial charge in [-0.1, -0.05) is 5.16 Å². The highest BCUT2D eigenvalue weighted by molar-refractivity contribution is 5.93. The Morgan fingerprint density at radius 1 is 1.27 bits per heavy atom. The molecule has 4 rings (SSSR count). The molecule has 0 unspecified atom stereocenters. The Balaban J connectivity index is 1.31. The van der Waals surface area contributed by atoms with Gasteiger partial charge in [-0.15, -0.1) is 0 Å². The molecule has 1 aliphatic heterocycles. The molecular formula is C18H21N5O3. The van der Waals surface area contributed by atoms with Crippen LogP contribution in [-0.2, 0) is 4.74 Å². The molecule has 1 fully saturated rings. The van der Waals surface area contributed by atoms with E-state index in [-0.39, 0.29) is 5.91 Å². The normalized spacial score (nSPS) is 15.4. The molecule has 3 aromatic rings. The number of carbonyl (C=O) groups excluding carboxylic acids is 1. The summed E-state index contributed by atoms with van der Waals surface area (Å²) >= 11 is 0. The van der Waals surface area contributed by atoms with Gasteiger partial charge in [0.25, 0.3) is 5.91 Å². The molecule has 2 N–H and O–H groups in total. The van der Waals surface area contributed by atoms with Gasteiger partial charge in [0.05, 0.1) is 24.9 Å². The van der Waals surface area contributed by atoms with E-state index in [0.29, 0.717) is 18.0 Å². The second-order valence-electron chi connectivity index (χ2n) is 6.31. The van der Waals surface area contributed by atoms with Crippen molar-refractivity contribution in [3.05, 3.63) is 36.2 Å².